The predicted octanol–water partition coefficient (Wildman–Crippen LogP) is 3.38. The van der Waals surface area contributed by atoms with Crippen LogP contribution in [0.2, 0.25) is 0 Å². The molecule has 2 aromatic heterocycles. The molecule has 4 nitrogen and oxygen atoms in total. The summed E-state index contributed by atoms with van der Waals surface area (Å²) < 4.78 is 0. The van der Waals surface area contributed by atoms with E-state index in [1.165, 1.54) is 0 Å². The van der Waals surface area contributed by atoms with E-state index in [9.17, 15) is 0 Å². The van der Waals surface area contributed by atoms with E-state index in [-0.39, 0.29) is 0 Å². The van der Waals surface area contributed by atoms with Gasteiger partial charge in [0.2, 0.25) is 0 Å². The van der Waals surface area contributed by atoms with Crippen molar-refractivity contribution in [2.45, 2.75) is 5.16 Å². The molecule has 0 unspecified atom stereocenters. The smallest absolute Gasteiger partial charge is 0.188 e. The number of imidazole rings is 1. The Labute approximate surface area is 113 Å². The van der Waals surface area contributed by atoms with Crippen molar-refractivity contribution in [2.75, 3.05) is 6.26 Å². The molecular weight excluding hydrogens is 256 g/mol. The van der Waals surface area contributed by atoms with Gasteiger partial charge in [-0.2, -0.15) is 0 Å². The molecule has 5 heteroatoms. The maximum absolute atomic E-state index is 4.66. The first-order valence-corrected chi connectivity index (χ1v) is 7.16. The normalized spacial score (nSPS) is 11.6. The molecule has 4 aromatic rings. The fourth-order valence-corrected chi connectivity index (χ4v) is 2.59. The summed E-state index contributed by atoms with van der Waals surface area (Å²) in [6, 6.07) is 12.0. The maximum atomic E-state index is 4.66. The van der Waals surface area contributed by atoms with Crippen LogP contribution in [-0.2, 0) is 0 Å². The van der Waals surface area contributed by atoms with Crippen LogP contribution in [0, 0.1) is 0 Å². The number of rotatable bonds is 1. The number of fused-ring (bicyclic) bond motifs is 3. The van der Waals surface area contributed by atoms with Crippen molar-refractivity contribution in [2.24, 2.45) is 0 Å². The van der Waals surface area contributed by atoms with Crippen LogP contribution in [-0.4, -0.2) is 26.2 Å². The van der Waals surface area contributed by atoms with Crippen molar-refractivity contribution < 1.29 is 0 Å². The van der Waals surface area contributed by atoms with Crippen LogP contribution < -0.4 is 0 Å². The molecule has 2 aromatic carbocycles. The number of hydrogen-bond donors (Lipinski definition) is 1. The second-order valence-corrected chi connectivity index (χ2v) is 5.10. The second kappa shape index (κ2) is 3.93. The molecule has 0 saturated heterocycles. The van der Waals surface area contributed by atoms with Gasteiger partial charge in [0.1, 0.15) is 0 Å². The number of para-hydroxylation sites is 2. The molecule has 92 valence electrons. The Morgan fingerprint density at radius 1 is 0.842 bits per heavy atom. The van der Waals surface area contributed by atoms with Gasteiger partial charge in [-0.1, -0.05) is 23.9 Å². The summed E-state index contributed by atoms with van der Waals surface area (Å²) >= 11 is 1.55. The van der Waals surface area contributed by atoms with Crippen LogP contribution in [0.5, 0.6) is 0 Å². The monoisotopic (exact) mass is 266 g/mol. The second-order valence-electron chi connectivity index (χ2n) is 4.32. The highest BCUT2D eigenvalue weighted by atomic mass is 32.2. The Bertz CT molecular complexity index is 841. The molecule has 0 radical (unpaired) electrons. The van der Waals surface area contributed by atoms with Crippen LogP contribution in [0.4, 0.5) is 0 Å². The molecule has 0 aliphatic rings. The van der Waals surface area contributed by atoms with Gasteiger partial charge < -0.3 is 4.98 Å². The maximum Gasteiger partial charge on any atom is 0.188 e. The van der Waals surface area contributed by atoms with E-state index in [1.54, 1.807) is 11.8 Å². The van der Waals surface area contributed by atoms with Gasteiger partial charge in [0.05, 0.1) is 33.1 Å². The molecule has 0 atom stereocenters. The van der Waals surface area contributed by atoms with Crippen LogP contribution in [0.3, 0.4) is 0 Å². The first-order chi connectivity index (χ1) is 9.33. The Morgan fingerprint density at radius 2 is 1.63 bits per heavy atom. The summed E-state index contributed by atoms with van der Waals surface area (Å²) in [6.07, 6.45) is 1.98. The Hall–Kier alpha value is -2.14. The van der Waals surface area contributed by atoms with Crippen molar-refractivity contribution in [3.63, 3.8) is 0 Å². The van der Waals surface area contributed by atoms with E-state index < -0.39 is 0 Å². The highest BCUT2D eigenvalue weighted by Gasteiger charge is 2.07. The van der Waals surface area contributed by atoms with Crippen molar-refractivity contribution >= 4 is 44.9 Å². The van der Waals surface area contributed by atoms with Gasteiger partial charge in [-0.3, -0.25) is 0 Å². The molecule has 0 amide bonds. The van der Waals surface area contributed by atoms with E-state index in [2.05, 4.69) is 19.9 Å². The van der Waals surface area contributed by atoms with Crippen LogP contribution in [0.25, 0.3) is 33.1 Å². The molecule has 0 spiro atoms. The highest BCUT2D eigenvalue weighted by Crippen LogP contribution is 2.23. The minimum absolute atomic E-state index is 0.801. The third-order valence-corrected chi connectivity index (χ3v) is 3.67. The third kappa shape index (κ3) is 1.66. The van der Waals surface area contributed by atoms with Gasteiger partial charge >= 0.3 is 0 Å². The first kappa shape index (κ1) is 10.8. The molecule has 4 rings (SSSR count). The summed E-state index contributed by atoms with van der Waals surface area (Å²) in [4.78, 5) is 17.0. The van der Waals surface area contributed by atoms with Crippen molar-refractivity contribution in [3.05, 3.63) is 36.4 Å². The lowest BCUT2D eigenvalue weighted by Crippen LogP contribution is -1.87. The number of aromatic nitrogens is 4. The lowest BCUT2D eigenvalue weighted by atomic mass is 10.2. The summed E-state index contributed by atoms with van der Waals surface area (Å²) in [5.41, 5.74) is 5.69. The highest BCUT2D eigenvalue weighted by molar-refractivity contribution is 7.98. The van der Waals surface area contributed by atoms with Crippen LogP contribution in [0.15, 0.2) is 41.6 Å². The molecule has 2 heterocycles. The number of aromatic amines is 1. The quantitative estimate of drug-likeness (QED) is 0.424. The average Bonchev–Trinajstić information content (AvgIpc) is 2.84. The van der Waals surface area contributed by atoms with Crippen LogP contribution >= 0.6 is 11.8 Å². The topological polar surface area (TPSA) is 54.5 Å². The molecular formula is C14H10N4S. The zero-order valence-electron chi connectivity index (χ0n) is 10.2. The summed E-state index contributed by atoms with van der Waals surface area (Å²) in [6.45, 7) is 0. The molecule has 1 N–H and O–H groups in total. The molecule has 0 fully saturated rings. The minimum atomic E-state index is 0.801. The first-order valence-electron chi connectivity index (χ1n) is 5.94. The Balaban J connectivity index is 2.11. The minimum Gasteiger partial charge on any atom is -0.352 e. The molecule has 0 aliphatic carbocycles. The fourth-order valence-electron chi connectivity index (χ4n) is 2.21. The van der Waals surface area contributed by atoms with Gasteiger partial charge in [-0.05, 0) is 30.5 Å². The van der Waals surface area contributed by atoms with E-state index in [4.69, 9.17) is 0 Å². The molecule has 0 saturated carbocycles. The van der Waals surface area contributed by atoms with E-state index >= 15 is 0 Å². The molecule has 0 aliphatic heterocycles. The van der Waals surface area contributed by atoms with Crippen molar-refractivity contribution in [1.82, 2.24) is 19.9 Å². The summed E-state index contributed by atoms with van der Waals surface area (Å²) in [5, 5.41) is 0.801. The van der Waals surface area contributed by atoms with E-state index in [1.807, 2.05) is 42.7 Å². The van der Waals surface area contributed by atoms with Gasteiger partial charge in [0.25, 0.3) is 0 Å². The van der Waals surface area contributed by atoms with Gasteiger partial charge in [0, 0.05) is 0 Å². The standard InChI is InChI=1S/C14H10N4S/c1-19-14-17-12-6-10-11(7-13(12)18-14)16-9-5-3-2-4-8(9)15-10/h2-7,15H,1H3. The van der Waals surface area contributed by atoms with E-state index in [0.29, 0.717) is 0 Å². The van der Waals surface area contributed by atoms with Crippen molar-refractivity contribution in [1.29, 1.82) is 0 Å². The molecule has 0 bridgehead atoms. The zero-order valence-corrected chi connectivity index (χ0v) is 11.0. The van der Waals surface area contributed by atoms with Gasteiger partial charge in [0.15, 0.2) is 5.16 Å². The number of benzene rings is 2. The molecule has 19 heavy (non-hydrogen) atoms. The summed E-state index contributed by atoms with van der Waals surface area (Å²) in [7, 11) is 0. The number of nitrogens with zero attached hydrogens (tertiary/aromatic N) is 3. The van der Waals surface area contributed by atoms with Gasteiger partial charge in [-0.15, -0.1) is 0 Å². The van der Waals surface area contributed by atoms with E-state index in [0.717, 1.165) is 38.3 Å². The average molecular weight is 266 g/mol. The number of thioether (sulfide) groups is 1. The fraction of sp³-hybridized carbons (Fsp3) is 0.0714. The number of hydrogen-bond acceptors (Lipinski definition) is 4. The third-order valence-electron chi connectivity index (χ3n) is 3.12. The Kier molecular flexibility index (Phi) is 2.22. The lowest BCUT2D eigenvalue weighted by molar-refractivity contribution is 1.09. The zero-order chi connectivity index (χ0) is 12.8. The lowest BCUT2D eigenvalue weighted by Gasteiger charge is -2.01. The predicted molar refractivity (Wildman–Crippen MR) is 78.5 cm³/mol. The summed E-state index contributed by atoms with van der Waals surface area (Å²) in [5.74, 6) is 0. The van der Waals surface area contributed by atoms with Crippen molar-refractivity contribution in [3.8, 4) is 0 Å². The largest absolute Gasteiger partial charge is 0.352 e. The number of nitrogens with one attached hydrogen (secondary N) is 1. The van der Waals surface area contributed by atoms with Crippen LogP contribution in [0.1, 0.15) is 0 Å². The SMILES string of the molecule is CSc1nc2cc3nc4ccccc4[nH]c3cc2n1. The Morgan fingerprint density at radius 3 is 2.47 bits per heavy atom. The van der Waals surface area contributed by atoms with Gasteiger partial charge in [-0.25, -0.2) is 15.0 Å². The number of H-pyrrole nitrogens is 1.